The third kappa shape index (κ3) is 2.02. The highest BCUT2D eigenvalue weighted by molar-refractivity contribution is 5.60. The van der Waals surface area contributed by atoms with Crippen LogP contribution in [0.5, 0.6) is 11.5 Å². The molecule has 3 rings (SSSR count). The molecule has 0 aliphatic carbocycles. The number of nitrogens with zero attached hydrogens (tertiary/aromatic N) is 2. The fourth-order valence-electron chi connectivity index (χ4n) is 1.78. The van der Waals surface area contributed by atoms with Gasteiger partial charge in [0.2, 0.25) is 11.7 Å². The zero-order valence-electron chi connectivity index (χ0n) is 9.76. The molecule has 6 heteroatoms. The SMILES string of the molecule is NCCc1nc(-c2ccc3c(c2)OCCO3)no1. The molecule has 0 unspecified atom stereocenters. The van der Waals surface area contributed by atoms with Crippen LogP contribution in [-0.2, 0) is 6.42 Å². The predicted octanol–water partition coefficient (Wildman–Crippen LogP) is 1.01. The number of rotatable bonds is 3. The van der Waals surface area contributed by atoms with Crippen molar-refractivity contribution in [1.82, 2.24) is 10.1 Å². The van der Waals surface area contributed by atoms with Gasteiger partial charge in [0.25, 0.3) is 0 Å². The van der Waals surface area contributed by atoms with Crippen molar-refractivity contribution < 1.29 is 14.0 Å². The van der Waals surface area contributed by atoms with Crippen molar-refractivity contribution in [3.8, 4) is 22.9 Å². The van der Waals surface area contributed by atoms with Crippen molar-refractivity contribution in [2.75, 3.05) is 19.8 Å². The standard InChI is InChI=1S/C12H13N3O3/c13-4-3-11-14-12(15-18-11)8-1-2-9-10(7-8)17-6-5-16-9/h1-2,7H,3-6,13H2. The molecule has 2 heterocycles. The molecule has 0 atom stereocenters. The van der Waals surface area contributed by atoms with Crippen molar-refractivity contribution in [2.24, 2.45) is 5.73 Å². The second kappa shape index (κ2) is 4.66. The zero-order chi connectivity index (χ0) is 12.4. The summed E-state index contributed by atoms with van der Waals surface area (Å²) >= 11 is 0. The van der Waals surface area contributed by atoms with Crippen molar-refractivity contribution in [3.05, 3.63) is 24.1 Å². The van der Waals surface area contributed by atoms with Gasteiger partial charge in [-0.15, -0.1) is 0 Å². The summed E-state index contributed by atoms with van der Waals surface area (Å²) in [6.07, 6.45) is 0.581. The first kappa shape index (κ1) is 11.0. The van der Waals surface area contributed by atoms with E-state index < -0.39 is 0 Å². The molecule has 1 aromatic heterocycles. The first-order valence-electron chi connectivity index (χ1n) is 5.79. The monoisotopic (exact) mass is 247 g/mol. The van der Waals surface area contributed by atoms with Gasteiger partial charge < -0.3 is 19.7 Å². The molecule has 2 aromatic rings. The molecule has 1 aromatic carbocycles. The maximum Gasteiger partial charge on any atom is 0.228 e. The topological polar surface area (TPSA) is 83.4 Å². The Balaban J connectivity index is 1.91. The largest absolute Gasteiger partial charge is 0.486 e. The molecule has 0 amide bonds. The smallest absolute Gasteiger partial charge is 0.228 e. The van der Waals surface area contributed by atoms with E-state index in [0.717, 1.165) is 11.3 Å². The fourth-order valence-corrected chi connectivity index (χ4v) is 1.78. The first-order valence-corrected chi connectivity index (χ1v) is 5.79. The van der Waals surface area contributed by atoms with Crippen LogP contribution in [0.4, 0.5) is 0 Å². The molecule has 0 saturated heterocycles. The number of hydrogen-bond donors (Lipinski definition) is 1. The molecular weight excluding hydrogens is 234 g/mol. The van der Waals surface area contributed by atoms with Gasteiger partial charge in [-0.05, 0) is 18.2 Å². The first-order chi connectivity index (χ1) is 8.86. The molecule has 0 fully saturated rings. The Morgan fingerprint density at radius 2 is 2.00 bits per heavy atom. The fraction of sp³-hybridized carbons (Fsp3) is 0.333. The van der Waals surface area contributed by atoms with Gasteiger partial charge in [-0.25, -0.2) is 0 Å². The van der Waals surface area contributed by atoms with Gasteiger partial charge >= 0.3 is 0 Å². The number of benzene rings is 1. The lowest BCUT2D eigenvalue weighted by atomic mass is 10.2. The Bertz CT molecular complexity index is 553. The van der Waals surface area contributed by atoms with E-state index >= 15 is 0 Å². The molecule has 0 radical (unpaired) electrons. The van der Waals surface area contributed by atoms with Crippen LogP contribution in [0.25, 0.3) is 11.4 Å². The van der Waals surface area contributed by atoms with E-state index in [9.17, 15) is 0 Å². The van der Waals surface area contributed by atoms with Crippen LogP contribution < -0.4 is 15.2 Å². The maximum atomic E-state index is 5.51. The molecule has 94 valence electrons. The van der Waals surface area contributed by atoms with E-state index in [1.54, 1.807) is 0 Å². The summed E-state index contributed by atoms with van der Waals surface area (Å²) in [5.74, 6) is 2.54. The van der Waals surface area contributed by atoms with Crippen molar-refractivity contribution in [2.45, 2.75) is 6.42 Å². The quantitative estimate of drug-likeness (QED) is 0.871. The minimum absolute atomic E-state index is 0.489. The van der Waals surface area contributed by atoms with Crippen LogP contribution in [0.3, 0.4) is 0 Å². The summed E-state index contributed by atoms with van der Waals surface area (Å²) in [6.45, 7) is 1.62. The van der Waals surface area contributed by atoms with Crippen LogP contribution in [-0.4, -0.2) is 29.9 Å². The van der Waals surface area contributed by atoms with Gasteiger partial charge in [0.15, 0.2) is 11.5 Å². The molecule has 1 aliphatic heterocycles. The Hall–Kier alpha value is -2.08. The van der Waals surface area contributed by atoms with Crippen LogP contribution in [0.1, 0.15) is 5.89 Å². The summed E-state index contributed by atoms with van der Waals surface area (Å²) in [5, 5.41) is 3.92. The Kier molecular flexibility index (Phi) is 2.85. The highest BCUT2D eigenvalue weighted by Crippen LogP contribution is 2.33. The lowest BCUT2D eigenvalue weighted by molar-refractivity contribution is 0.171. The third-order valence-corrected chi connectivity index (χ3v) is 2.63. The maximum absolute atomic E-state index is 5.51. The third-order valence-electron chi connectivity index (χ3n) is 2.63. The molecule has 0 saturated carbocycles. The Morgan fingerprint density at radius 3 is 2.83 bits per heavy atom. The zero-order valence-corrected chi connectivity index (χ0v) is 9.76. The van der Waals surface area contributed by atoms with Crippen molar-refractivity contribution >= 4 is 0 Å². The number of nitrogens with two attached hydrogens (primary N) is 1. The number of hydrogen-bond acceptors (Lipinski definition) is 6. The average molecular weight is 247 g/mol. The van der Waals surface area contributed by atoms with Crippen molar-refractivity contribution in [1.29, 1.82) is 0 Å². The Morgan fingerprint density at radius 1 is 1.17 bits per heavy atom. The average Bonchev–Trinajstić information content (AvgIpc) is 2.87. The van der Waals surface area contributed by atoms with E-state index in [1.165, 1.54) is 0 Å². The van der Waals surface area contributed by atoms with E-state index in [2.05, 4.69) is 10.1 Å². The summed E-state index contributed by atoms with van der Waals surface area (Å²) in [5.41, 5.74) is 6.27. The van der Waals surface area contributed by atoms with Crippen LogP contribution in [0.2, 0.25) is 0 Å². The molecule has 0 bridgehead atoms. The van der Waals surface area contributed by atoms with E-state index in [0.29, 0.717) is 43.6 Å². The second-order valence-electron chi connectivity index (χ2n) is 3.91. The minimum atomic E-state index is 0.489. The highest BCUT2D eigenvalue weighted by atomic mass is 16.6. The normalized spacial score (nSPS) is 13.6. The van der Waals surface area contributed by atoms with E-state index in [4.69, 9.17) is 19.7 Å². The lowest BCUT2D eigenvalue weighted by Gasteiger charge is -2.18. The van der Waals surface area contributed by atoms with E-state index in [1.807, 2.05) is 18.2 Å². The predicted molar refractivity (Wildman–Crippen MR) is 63.5 cm³/mol. The molecular formula is C12H13N3O3. The molecule has 6 nitrogen and oxygen atoms in total. The summed E-state index contributed by atoms with van der Waals surface area (Å²) in [4.78, 5) is 4.27. The highest BCUT2D eigenvalue weighted by Gasteiger charge is 2.15. The summed E-state index contributed by atoms with van der Waals surface area (Å²) in [7, 11) is 0. The number of fused-ring (bicyclic) bond motifs is 1. The van der Waals surface area contributed by atoms with Gasteiger partial charge in [0.1, 0.15) is 13.2 Å². The molecule has 0 spiro atoms. The van der Waals surface area contributed by atoms with Crippen molar-refractivity contribution in [3.63, 3.8) is 0 Å². The van der Waals surface area contributed by atoms with Gasteiger partial charge in [-0.2, -0.15) is 4.98 Å². The van der Waals surface area contributed by atoms with Crippen LogP contribution in [0, 0.1) is 0 Å². The van der Waals surface area contributed by atoms with E-state index in [-0.39, 0.29) is 0 Å². The van der Waals surface area contributed by atoms with Crippen LogP contribution in [0.15, 0.2) is 22.7 Å². The number of aromatic nitrogens is 2. The molecule has 1 aliphatic rings. The van der Waals surface area contributed by atoms with Gasteiger partial charge in [-0.3, -0.25) is 0 Å². The summed E-state index contributed by atoms with van der Waals surface area (Å²) in [6, 6.07) is 5.58. The second-order valence-corrected chi connectivity index (χ2v) is 3.91. The molecule has 18 heavy (non-hydrogen) atoms. The van der Waals surface area contributed by atoms with Gasteiger partial charge in [0.05, 0.1) is 0 Å². The summed E-state index contributed by atoms with van der Waals surface area (Å²) < 4.78 is 16.1. The van der Waals surface area contributed by atoms with Gasteiger partial charge in [0, 0.05) is 18.5 Å². The molecule has 2 N–H and O–H groups in total. The van der Waals surface area contributed by atoms with Gasteiger partial charge in [-0.1, -0.05) is 5.16 Å². The lowest BCUT2D eigenvalue weighted by Crippen LogP contribution is -2.15. The Labute approximate surface area is 104 Å². The number of ether oxygens (including phenoxy) is 2. The van der Waals surface area contributed by atoms with Crippen LogP contribution >= 0.6 is 0 Å². The minimum Gasteiger partial charge on any atom is -0.486 e.